The zero-order valence-corrected chi connectivity index (χ0v) is 15.5. The fraction of sp³-hybridized carbons (Fsp3) is 0.300. The Morgan fingerprint density at radius 2 is 1.82 bits per heavy atom. The van der Waals surface area contributed by atoms with E-state index in [4.69, 9.17) is 9.47 Å². The third kappa shape index (κ3) is 3.06. The number of hydrogen-bond donors (Lipinski definition) is 4. The van der Waals surface area contributed by atoms with Crippen molar-refractivity contribution in [1.82, 2.24) is 0 Å². The number of cyclic esters (lactones) is 1. The second-order valence-electron chi connectivity index (χ2n) is 6.75. The van der Waals surface area contributed by atoms with E-state index in [0.29, 0.717) is 5.56 Å². The molecule has 148 valence electrons. The maximum atomic E-state index is 12.4. The van der Waals surface area contributed by atoms with Crippen LogP contribution in [0, 0.1) is 0 Å². The number of phenolic OH excluding ortho intramolecular Hbond substituents is 4. The van der Waals surface area contributed by atoms with Crippen LogP contribution in [-0.2, 0) is 16.0 Å². The second kappa shape index (κ2) is 6.95. The molecule has 28 heavy (non-hydrogen) atoms. The Hall–Kier alpha value is -3.42. The van der Waals surface area contributed by atoms with Gasteiger partial charge in [-0.1, -0.05) is 0 Å². The van der Waals surface area contributed by atoms with Gasteiger partial charge >= 0.3 is 5.97 Å². The van der Waals surface area contributed by atoms with Crippen molar-refractivity contribution in [3.05, 3.63) is 40.5 Å². The van der Waals surface area contributed by atoms with E-state index in [1.54, 1.807) is 6.92 Å². The number of fused-ring (bicyclic) bond motifs is 1. The molecule has 1 aliphatic rings. The number of phenols is 4. The Morgan fingerprint density at radius 3 is 2.43 bits per heavy atom. The summed E-state index contributed by atoms with van der Waals surface area (Å²) in [5.74, 6) is -3.57. The van der Waals surface area contributed by atoms with Crippen molar-refractivity contribution < 1.29 is 39.5 Å². The molecule has 0 radical (unpaired) electrons. The standard InChI is InChI=1S/C20H20O8/c1-8(21)4-10-5-11(22)6-13(23)16(10)15-9(2)28-20(26)17-12(15)7-14(24)19(27-3)18(17)25/h5-7,9,15,22-25H,4H2,1-3H3. The predicted octanol–water partition coefficient (Wildman–Crippen LogP) is 2.34. The van der Waals surface area contributed by atoms with Gasteiger partial charge < -0.3 is 29.9 Å². The van der Waals surface area contributed by atoms with Gasteiger partial charge in [-0.2, -0.15) is 0 Å². The van der Waals surface area contributed by atoms with Gasteiger partial charge in [0, 0.05) is 18.1 Å². The van der Waals surface area contributed by atoms with Crippen LogP contribution in [0.25, 0.3) is 0 Å². The monoisotopic (exact) mass is 388 g/mol. The highest BCUT2D eigenvalue weighted by atomic mass is 16.5. The van der Waals surface area contributed by atoms with Gasteiger partial charge in [0.1, 0.15) is 28.9 Å². The summed E-state index contributed by atoms with van der Waals surface area (Å²) in [4.78, 5) is 24.1. The van der Waals surface area contributed by atoms with E-state index in [1.165, 1.54) is 26.2 Å². The SMILES string of the molecule is COc1c(O)cc2c(c1O)C(=O)OC(C)C2c1c(O)cc(O)cc1CC(C)=O. The summed E-state index contributed by atoms with van der Waals surface area (Å²) in [6, 6.07) is 3.73. The van der Waals surface area contributed by atoms with Crippen LogP contribution < -0.4 is 4.74 Å². The van der Waals surface area contributed by atoms with Gasteiger partial charge in [0.15, 0.2) is 11.5 Å². The predicted molar refractivity (Wildman–Crippen MR) is 97.2 cm³/mol. The molecule has 0 saturated carbocycles. The molecule has 8 nitrogen and oxygen atoms in total. The van der Waals surface area contributed by atoms with E-state index >= 15 is 0 Å². The number of hydrogen-bond acceptors (Lipinski definition) is 8. The third-order valence-corrected chi connectivity index (χ3v) is 4.75. The van der Waals surface area contributed by atoms with E-state index < -0.39 is 29.5 Å². The Morgan fingerprint density at radius 1 is 1.14 bits per heavy atom. The van der Waals surface area contributed by atoms with E-state index in [-0.39, 0.29) is 46.1 Å². The van der Waals surface area contributed by atoms with Crippen LogP contribution in [0.15, 0.2) is 18.2 Å². The lowest BCUT2D eigenvalue weighted by Gasteiger charge is -2.33. The molecule has 2 atom stereocenters. The minimum absolute atomic E-state index is 0.0715. The van der Waals surface area contributed by atoms with Crippen molar-refractivity contribution in [2.24, 2.45) is 0 Å². The third-order valence-electron chi connectivity index (χ3n) is 4.75. The Balaban J connectivity index is 2.32. The highest BCUT2D eigenvalue weighted by Gasteiger charge is 2.40. The molecular weight excluding hydrogens is 368 g/mol. The Kier molecular flexibility index (Phi) is 4.80. The van der Waals surface area contributed by atoms with Gasteiger partial charge in [-0.25, -0.2) is 4.79 Å². The largest absolute Gasteiger partial charge is 0.508 e. The highest BCUT2D eigenvalue weighted by Crippen LogP contribution is 2.50. The fourth-order valence-electron chi connectivity index (χ4n) is 3.71. The normalized spacial score (nSPS) is 18.3. The molecule has 0 aliphatic carbocycles. The maximum Gasteiger partial charge on any atom is 0.342 e. The zero-order valence-electron chi connectivity index (χ0n) is 15.5. The van der Waals surface area contributed by atoms with Crippen LogP contribution in [0.3, 0.4) is 0 Å². The number of aromatic hydroxyl groups is 4. The Bertz CT molecular complexity index is 979. The lowest BCUT2D eigenvalue weighted by molar-refractivity contribution is -0.116. The van der Waals surface area contributed by atoms with Crippen LogP contribution in [0.4, 0.5) is 0 Å². The van der Waals surface area contributed by atoms with E-state index in [0.717, 1.165) is 6.07 Å². The number of rotatable bonds is 4. The van der Waals surface area contributed by atoms with Crippen molar-refractivity contribution in [3.63, 3.8) is 0 Å². The first kappa shape index (κ1) is 19.3. The molecule has 4 N–H and O–H groups in total. The molecule has 0 fully saturated rings. The van der Waals surface area contributed by atoms with Crippen LogP contribution in [0.1, 0.15) is 46.8 Å². The van der Waals surface area contributed by atoms with Gasteiger partial charge in [-0.3, -0.25) is 4.79 Å². The highest BCUT2D eigenvalue weighted by molar-refractivity contribution is 5.97. The molecule has 0 spiro atoms. The number of methoxy groups -OCH3 is 1. The van der Waals surface area contributed by atoms with E-state index in [9.17, 15) is 30.0 Å². The molecule has 2 aromatic rings. The molecule has 0 aromatic heterocycles. The van der Waals surface area contributed by atoms with Crippen LogP contribution in [-0.4, -0.2) is 45.4 Å². The summed E-state index contributed by atoms with van der Waals surface area (Å²) < 4.78 is 10.3. The number of ether oxygens (including phenoxy) is 2. The summed E-state index contributed by atoms with van der Waals surface area (Å²) in [6.07, 6.45) is -0.855. The summed E-state index contributed by atoms with van der Waals surface area (Å²) in [5, 5.41) is 41.0. The molecule has 1 heterocycles. The first-order valence-electron chi connectivity index (χ1n) is 8.53. The molecule has 8 heteroatoms. The topological polar surface area (TPSA) is 134 Å². The number of Topliss-reactive ketones (excluding diaryl/α,β-unsaturated/α-hetero) is 1. The van der Waals surface area contributed by atoms with Gasteiger partial charge in [-0.15, -0.1) is 0 Å². The number of benzene rings is 2. The summed E-state index contributed by atoms with van der Waals surface area (Å²) in [5.41, 5.74) is 0.628. The van der Waals surface area contributed by atoms with Gasteiger partial charge in [0.2, 0.25) is 5.75 Å². The molecule has 3 rings (SSSR count). The number of ketones is 1. The zero-order chi connectivity index (χ0) is 20.7. The first-order valence-corrected chi connectivity index (χ1v) is 8.53. The van der Waals surface area contributed by atoms with E-state index in [1.807, 2.05) is 0 Å². The summed E-state index contributed by atoms with van der Waals surface area (Å²) in [7, 11) is 1.23. The van der Waals surface area contributed by atoms with Crippen molar-refractivity contribution >= 4 is 11.8 Å². The average Bonchev–Trinajstić information content (AvgIpc) is 2.55. The van der Waals surface area contributed by atoms with Crippen molar-refractivity contribution in [2.45, 2.75) is 32.3 Å². The van der Waals surface area contributed by atoms with Crippen LogP contribution in [0.5, 0.6) is 28.7 Å². The lowest BCUT2D eigenvalue weighted by atomic mass is 9.79. The van der Waals surface area contributed by atoms with Crippen molar-refractivity contribution in [1.29, 1.82) is 0 Å². The molecule has 0 amide bonds. The average molecular weight is 388 g/mol. The Labute approximate surface area is 160 Å². The number of esters is 1. The minimum Gasteiger partial charge on any atom is -0.508 e. The van der Waals surface area contributed by atoms with Gasteiger partial charge in [0.05, 0.1) is 13.0 Å². The molecule has 0 bridgehead atoms. The summed E-state index contributed by atoms with van der Waals surface area (Å²) in [6.45, 7) is 2.96. The quantitative estimate of drug-likeness (QED) is 0.587. The molecule has 0 saturated heterocycles. The fourth-order valence-corrected chi connectivity index (χ4v) is 3.71. The lowest BCUT2D eigenvalue weighted by Crippen LogP contribution is -2.31. The molecule has 2 unspecified atom stereocenters. The minimum atomic E-state index is -0.805. The van der Waals surface area contributed by atoms with Crippen molar-refractivity contribution in [3.8, 4) is 28.7 Å². The number of carbonyl (C=O) groups excluding carboxylic acids is 2. The number of carbonyl (C=O) groups is 2. The van der Waals surface area contributed by atoms with E-state index in [2.05, 4.69) is 0 Å². The van der Waals surface area contributed by atoms with Crippen LogP contribution in [0.2, 0.25) is 0 Å². The molecule has 2 aromatic carbocycles. The van der Waals surface area contributed by atoms with Gasteiger partial charge in [0.25, 0.3) is 0 Å². The molecular formula is C20H20O8. The summed E-state index contributed by atoms with van der Waals surface area (Å²) >= 11 is 0. The smallest absolute Gasteiger partial charge is 0.342 e. The second-order valence-corrected chi connectivity index (χ2v) is 6.75. The van der Waals surface area contributed by atoms with Crippen LogP contribution >= 0.6 is 0 Å². The maximum absolute atomic E-state index is 12.4. The van der Waals surface area contributed by atoms with Gasteiger partial charge in [-0.05, 0) is 37.1 Å². The molecule has 1 aliphatic heterocycles. The first-order chi connectivity index (χ1) is 13.1. The van der Waals surface area contributed by atoms with Crippen molar-refractivity contribution in [2.75, 3.05) is 7.11 Å².